The van der Waals surface area contributed by atoms with Gasteiger partial charge in [-0.25, -0.2) is 4.68 Å². The van der Waals surface area contributed by atoms with Crippen molar-refractivity contribution in [2.45, 2.75) is 10.6 Å². The zero-order chi connectivity index (χ0) is 27.5. The quantitative estimate of drug-likeness (QED) is 0.143. The second kappa shape index (κ2) is 10.9. The summed E-state index contributed by atoms with van der Waals surface area (Å²) in [5.41, 5.74) is 3.23. The number of fused-ring (bicyclic) bond motifs is 3. The second-order valence-corrected chi connectivity index (χ2v) is 9.91. The molecule has 1 aliphatic heterocycles. The third-order valence-electron chi connectivity index (χ3n) is 5.94. The summed E-state index contributed by atoms with van der Waals surface area (Å²) in [5.74, 6) is -3.62. The smallest absolute Gasteiger partial charge is 0.288 e. The number of nitriles is 1. The van der Waals surface area contributed by atoms with Gasteiger partial charge in [-0.15, -0.1) is 11.8 Å². The average Bonchev–Trinajstić information content (AvgIpc) is 3.34. The van der Waals surface area contributed by atoms with Crippen molar-refractivity contribution in [2.75, 3.05) is 10.6 Å². The number of Topliss-reactive ketones (excluding diaryl/α,β-unsaturated/α-hetero) is 1. The molecule has 1 aromatic heterocycles. The maximum atomic E-state index is 13.7. The number of amides is 2. The predicted molar refractivity (Wildman–Crippen MR) is 147 cm³/mol. The molecular formula is C28H18ClN5O4S. The molecule has 0 spiro atoms. The number of rotatable bonds is 7. The van der Waals surface area contributed by atoms with Crippen molar-refractivity contribution in [3.8, 4) is 23.0 Å². The topological polar surface area (TPSA) is 134 Å². The first-order valence-corrected chi connectivity index (χ1v) is 13.0. The molecule has 5 rings (SSSR count). The number of para-hydroxylation sites is 1. The lowest BCUT2D eigenvalue weighted by Crippen LogP contribution is -2.29. The van der Waals surface area contributed by atoms with Gasteiger partial charge in [0.05, 0.1) is 17.5 Å². The molecule has 1 aliphatic rings. The van der Waals surface area contributed by atoms with Crippen LogP contribution in [0.25, 0.3) is 16.9 Å². The van der Waals surface area contributed by atoms with Crippen LogP contribution in [0.3, 0.4) is 0 Å². The number of thioether (sulfide) groups is 1. The van der Waals surface area contributed by atoms with E-state index in [1.807, 2.05) is 42.5 Å². The molecule has 0 fully saturated rings. The van der Waals surface area contributed by atoms with Crippen molar-refractivity contribution in [3.63, 3.8) is 0 Å². The van der Waals surface area contributed by atoms with Gasteiger partial charge < -0.3 is 10.6 Å². The minimum atomic E-state index is -1.66. The number of aldehydes is 1. The Labute approximate surface area is 231 Å². The molecule has 0 saturated heterocycles. The van der Waals surface area contributed by atoms with Crippen molar-refractivity contribution >= 4 is 58.6 Å². The SMILES string of the molecule is N#CC(C(=O)Nc1cccc(Cl)c1)C(=O)c1nn(-c2ccccc2)c2c1CSc1ccc(NC(=O)C=O)cc1-2. The summed E-state index contributed by atoms with van der Waals surface area (Å²) in [6.07, 6.45) is 0.182. The molecule has 39 heavy (non-hydrogen) atoms. The van der Waals surface area contributed by atoms with Gasteiger partial charge in [-0.1, -0.05) is 35.9 Å². The molecule has 2 heterocycles. The van der Waals surface area contributed by atoms with Crippen LogP contribution in [0, 0.1) is 17.2 Å². The number of carbonyl (C=O) groups excluding carboxylic acids is 4. The first kappa shape index (κ1) is 25.9. The van der Waals surface area contributed by atoms with E-state index < -0.39 is 23.5 Å². The van der Waals surface area contributed by atoms with E-state index in [9.17, 15) is 24.4 Å². The van der Waals surface area contributed by atoms with Crippen molar-refractivity contribution in [2.24, 2.45) is 5.92 Å². The van der Waals surface area contributed by atoms with E-state index in [1.165, 1.54) is 17.8 Å². The van der Waals surface area contributed by atoms with Crippen molar-refractivity contribution in [3.05, 3.63) is 89.1 Å². The highest BCUT2D eigenvalue weighted by molar-refractivity contribution is 7.98. The molecule has 3 aromatic carbocycles. The Kier molecular flexibility index (Phi) is 7.27. The molecule has 2 amide bonds. The lowest BCUT2D eigenvalue weighted by atomic mass is 9.97. The Morgan fingerprint density at radius 1 is 1.03 bits per heavy atom. The number of hydrogen-bond acceptors (Lipinski definition) is 7. The summed E-state index contributed by atoms with van der Waals surface area (Å²) in [6.45, 7) is 0. The Balaban J connectivity index is 1.59. The standard InChI is InChI=1S/C28H18ClN5O4S/c29-16-5-4-6-17(11-16)32-28(38)21(13-30)27(37)25-22-15-39-23-10-9-18(31-24(36)14-35)12-20(23)26(22)34(33-25)19-7-2-1-3-8-19/h1-12,14,21H,15H2,(H,31,36)(H,32,38). The van der Waals surface area contributed by atoms with Gasteiger partial charge in [-0.2, -0.15) is 10.4 Å². The first-order valence-electron chi connectivity index (χ1n) is 11.6. The number of hydrogen-bond donors (Lipinski definition) is 2. The molecule has 11 heteroatoms. The van der Waals surface area contributed by atoms with Crippen LogP contribution >= 0.6 is 23.4 Å². The lowest BCUT2D eigenvalue weighted by Gasteiger charge is -2.19. The van der Waals surface area contributed by atoms with Gasteiger partial charge in [-0.3, -0.25) is 19.2 Å². The summed E-state index contributed by atoms with van der Waals surface area (Å²) in [5, 5.41) is 19.9. The molecule has 0 radical (unpaired) electrons. The maximum Gasteiger partial charge on any atom is 0.288 e. The Morgan fingerprint density at radius 3 is 2.51 bits per heavy atom. The summed E-state index contributed by atoms with van der Waals surface area (Å²) in [4.78, 5) is 50.1. The fourth-order valence-corrected chi connectivity index (χ4v) is 5.45. The third-order valence-corrected chi connectivity index (χ3v) is 7.28. The lowest BCUT2D eigenvalue weighted by molar-refractivity contribution is -0.127. The number of ketones is 1. The number of aromatic nitrogens is 2. The largest absolute Gasteiger partial charge is 0.324 e. The highest BCUT2D eigenvalue weighted by atomic mass is 35.5. The number of nitrogens with zero attached hydrogens (tertiary/aromatic N) is 3. The monoisotopic (exact) mass is 555 g/mol. The normalized spacial score (nSPS) is 12.3. The zero-order valence-corrected chi connectivity index (χ0v) is 21.6. The minimum absolute atomic E-state index is 0.00197. The summed E-state index contributed by atoms with van der Waals surface area (Å²) >= 11 is 7.44. The van der Waals surface area contributed by atoms with E-state index in [-0.39, 0.29) is 12.0 Å². The predicted octanol–water partition coefficient (Wildman–Crippen LogP) is 4.90. The van der Waals surface area contributed by atoms with Crippen LogP contribution in [0.4, 0.5) is 11.4 Å². The van der Waals surface area contributed by atoms with Crippen LogP contribution in [0.1, 0.15) is 16.1 Å². The number of anilines is 2. The van der Waals surface area contributed by atoms with Gasteiger partial charge in [0.25, 0.3) is 5.91 Å². The van der Waals surface area contributed by atoms with Crippen LogP contribution in [-0.4, -0.2) is 33.7 Å². The summed E-state index contributed by atoms with van der Waals surface area (Å²) in [6, 6.07) is 22.5. The highest BCUT2D eigenvalue weighted by Crippen LogP contribution is 2.45. The van der Waals surface area contributed by atoms with E-state index in [0.29, 0.717) is 44.7 Å². The molecule has 0 bridgehead atoms. The molecule has 0 aliphatic carbocycles. The van der Waals surface area contributed by atoms with Crippen LogP contribution in [0.5, 0.6) is 0 Å². The van der Waals surface area contributed by atoms with Crippen LogP contribution in [0.2, 0.25) is 5.02 Å². The van der Waals surface area contributed by atoms with Crippen molar-refractivity contribution < 1.29 is 19.2 Å². The molecule has 2 N–H and O–H groups in total. The first-order chi connectivity index (χ1) is 18.9. The van der Waals surface area contributed by atoms with Gasteiger partial charge in [0.2, 0.25) is 18.0 Å². The molecule has 1 unspecified atom stereocenters. The van der Waals surface area contributed by atoms with E-state index in [2.05, 4.69) is 15.7 Å². The molecule has 1 atom stereocenters. The van der Waals surface area contributed by atoms with Crippen LogP contribution < -0.4 is 10.6 Å². The molecule has 9 nitrogen and oxygen atoms in total. The van der Waals surface area contributed by atoms with E-state index in [1.54, 1.807) is 35.0 Å². The number of nitrogens with one attached hydrogen (secondary N) is 2. The summed E-state index contributed by atoms with van der Waals surface area (Å²) < 4.78 is 1.59. The van der Waals surface area contributed by atoms with Crippen LogP contribution in [0.15, 0.2) is 77.7 Å². The fourth-order valence-electron chi connectivity index (χ4n) is 4.21. The van der Waals surface area contributed by atoms with Crippen LogP contribution in [-0.2, 0) is 20.1 Å². The van der Waals surface area contributed by atoms with Gasteiger partial charge in [0.1, 0.15) is 5.69 Å². The average molecular weight is 556 g/mol. The van der Waals surface area contributed by atoms with Gasteiger partial charge in [0.15, 0.2) is 5.92 Å². The molecular weight excluding hydrogens is 538 g/mol. The second-order valence-electron chi connectivity index (χ2n) is 8.46. The Bertz CT molecular complexity index is 1680. The Morgan fingerprint density at radius 2 is 1.79 bits per heavy atom. The molecule has 0 saturated carbocycles. The van der Waals surface area contributed by atoms with Gasteiger partial charge in [-0.05, 0) is 48.5 Å². The maximum absolute atomic E-state index is 13.7. The number of benzene rings is 3. The molecule has 4 aromatic rings. The fraction of sp³-hybridized carbons (Fsp3) is 0.0714. The van der Waals surface area contributed by atoms with Gasteiger partial charge in [0, 0.05) is 38.2 Å². The van der Waals surface area contributed by atoms with Gasteiger partial charge >= 0.3 is 0 Å². The van der Waals surface area contributed by atoms with E-state index in [4.69, 9.17) is 11.6 Å². The summed E-state index contributed by atoms with van der Waals surface area (Å²) in [7, 11) is 0. The van der Waals surface area contributed by atoms with E-state index in [0.717, 1.165) is 4.90 Å². The van der Waals surface area contributed by atoms with Crippen molar-refractivity contribution in [1.29, 1.82) is 5.26 Å². The molecule has 192 valence electrons. The third kappa shape index (κ3) is 5.18. The Hall–Kier alpha value is -4.72. The van der Waals surface area contributed by atoms with Crippen molar-refractivity contribution in [1.82, 2.24) is 9.78 Å². The van der Waals surface area contributed by atoms with E-state index >= 15 is 0 Å². The number of carbonyl (C=O) groups is 4. The highest BCUT2D eigenvalue weighted by Gasteiger charge is 2.35. The number of halogens is 1. The zero-order valence-electron chi connectivity index (χ0n) is 20.1. The minimum Gasteiger partial charge on any atom is -0.324 e.